The van der Waals surface area contributed by atoms with Crippen LogP contribution in [0.5, 0.6) is 0 Å². The Morgan fingerprint density at radius 2 is 1.72 bits per heavy atom. The monoisotopic (exact) mass is 422 g/mol. The third-order valence-electron chi connectivity index (χ3n) is 5.07. The summed E-state index contributed by atoms with van der Waals surface area (Å²) in [6.45, 7) is 4.50. The number of pyridine rings is 1. The lowest BCUT2D eigenvalue weighted by molar-refractivity contribution is 0.799. The van der Waals surface area contributed by atoms with Crippen LogP contribution in [0.25, 0.3) is 22.8 Å². The molecule has 4 aromatic heterocycles. The minimum atomic E-state index is 0.541. The predicted molar refractivity (Wildman–Crippen MR) is 123 cm³/mol. The van der Waals surface area contributed by atoms with Crippen molar-refractivity contribution in [1.82, 2.24) is 34.5 Å². The standard InChI is InChI=1S/C24H22N8/c1-17-12-18(2)32(29-17)23-15-26-14-22(28-23)27-13-20-16-31(21-6-4-3-5-7-21)30-24(20)19-8-10-25-11-9-19/h3-12,14-16H,13H2,1-2H3,(H,27,28). The zero-order valence-electron chi connectivity index (χ0n) is 17.8. The van der Waals surface area contributed by atoms with E-state index in [-0.39, 0.29) is 0 Å². The summed E-state index contributed by atoms with van der Waals surface area (Å²) in [5.41, 5.74) is 5.90. The molecule has 0 aliphatic carbocycles. The topological polar surface area (TPSA) is 86.3 Å². The number of rotatable bonds is 6. The molecule has 0 fully saturated rings. The van der Waals surface area contributed by atoms with E-state index in [9.17, 15) is 0 Å². The van der Waals surface area contributed by atoms with Crippen LogP contribution in [0.4, 0.5) is 5.82 Å². The van der Waals surface area contributed by atoms with E-state index in [4.69, 9.17) is 5.10 Å². The second-order valence-electron chi connectivity index (χ2n) is 7.47. The number of nitrogens with one attached hydrogen (secondary N) is 1. The lowest BCUT2D eigenvalue weighted by Crippen LogP contribution is -2.07. The van der Waals surface area contributed by atoms with Gasteiger partial charge in [-0.15, -0.1) is 0 Å². The summed E-state index contributed by atoms with van der Waals surface area (Å²) >= 11 is 0. The van der Waals surface area contributed by atoms with Crippen LogP contribution in [0.15, 0.2) is 79.5 Å². The first-order valence-electron chi connectivity index (χ1n) is 10.3. The lowest BCUT2D eigenvalue weighted by atomic mass is 10.1. The van der Waals surface area contributed by atoms with Gasteiger partial charge in [0, 0.05) is 42.0 Å². The fraction of sp³-hybridized carbons (Fsp3) is 0.125. The van der Waals surface area contributed by atoms with E-state index in [0.29, 0.717) is 18.2 Å². The lowest BCUT2D eigenvalue weighted by Gasteiger charge is -2.08. The minimum Gasteiger partial charge on any atom is -0.364 e. The smallest absolute Gasteiger partial charge is 0.174 e. The van der Waals surface area contributed by atoms with Crippen molar-refractivity contribution in [2.24, 2.45) is 0 Å². The number of aryl methyl sites for hydroxylation is 2. The molecule has 0 spiro atoms. The van der Waals surface area contributed by atoms with Gasteiger partial charge in [-0.3, -0.25) is 9.97 Å². The molecule has 0 aliphatic heterocycles. The van der Waals surface area contributed by atoms with Gasteiger partial charge in [-0.05, 0) is 44.2 Å². The minimum absolute atomic E-state index is 0.541. The molecule has 158 valence electrons. The molecule has 0 bridgehead atoms. The third-order valence-corrected chi connectivity index (χ3v) is 5.07. The van der Waals surface area contributed by atoms with Crippen LogP contribution >= 0.6 is 0 Å². The fourth-order valence-electron chi connectivity index (χ4n) is 3.59. The summed E-state index contributed by atoms with van der Waals surface area (Å²) in [5.74, 6) is 1.35. The van der Waals surface area contributed by atoms with Crippen LogP contribution in [-0.4, -0.2) is 34.5 Å². The molecule has 8 heteroatoms. The SMILES string of the molecule is Cc1cc(C)n(-c2cncc(NCc3cn(-c4ccccc4)nc3-c3ccncc3)n2)n1. The van der Waals surface area contributed by atoms with Crippen LogP contribution < -0.4 is 5.32 Å². The summed E-state index contributed by atoms with van der Waals surface area (Å²) in [6.07, 6.45) is 9.01. The number of para-hydroxylation sites is 1. The van der Waals surface area contributed by atoms with Gasteiger partial charge < -0.3 is 5.32 Å². The van der Waals surface area contributed by atoms with E-state index in [1.54, 1.807) is 29.5 Å². The summed E-state index contributed by atoms with van der Waals surface area (Å²) in [6, 6.07) is 16.0. The van der Waals surface area contributed by atoms with E-state index >= 15 is 0 Å². The van der Waals surface area contributed by atoms with Gasteiger partial charge in [-0.2, -0.15) is 10.2 Å². The Balaban J connectivity index is 1.45. The zero-order valence-corrected chi connectivity index (χ0v) is 17.8. The number of hydrogen-bond donors (Lipinski definition) is 1. The predicted octanol–water partition coefficient (Wildman–Crippen LogP) is 4.14. The maximum Gasteiger partial charge on any atom is 0.174 e. The molecule has 1 aromatic carbocycles. The highest BCUT2D eigenvalue weighted by Gasteiger charge is 2.13. The Hall–Kier alpha value is -4.33. The molecule has 5 rings (SSSR count). The van der Waals surface area contributed by atoms with Crippen LogP contribution in [0.1, 0.15) is 17.0 Å². The Kier molecular flexibility index (Phi) is 5.17. The largest absolute Gasteiger partial charge is 0.364 e. The Labute approximate surface area is 185 Å². The molecule has 8 nitrogen and oxygen atoms in total. The van der Waals surface area contributed by atoms with Crippen molar-refractivity contribution in [2.45, 2.75) is 20.4 Å². The molecule has 0 unspecified atom stereocenters. The van der Waals surface area contributed by atoms with E-state index in [2.05, 4.69) is 25.4 Å². The molecule has 0 aliphatic rings. The van der Waals surface area contributed by atoms with Crippen molar-refractivity contribution >= 4 is 5.82 Å². The van der Waals surface area contributed by atoms with Crippen LogP contribution in [-0.2, 0) is 6.54 Å². The van der Waals surface area contributed by atoms with E-state index < -0.39 is 0 Å². The molecule has 0 radical (unpaired) electrons. The summed E-state index contributed by atoms with van der Waals surface area (Å²) < 4.78 is 3.69. The molecule has 5 aromatic rings. The second kappa shape index (κ2) is 8.43. The van der Waals surface area contributed by atoms with Gasteiger partial charge in [0.1, 0.15) is 5.82 Å². The highest BCUT2D eigenvalue weighted by molar-refractivity contribution is 5.63. The molecular weight excluding hydrogens is 400 g/mol. The summed E-state index contributed by atoms with van der Waals surface area (Å²) in [4.78, 5) is 13.2. The molecule has 0 amide bonds. The van der Waals surface area contributed by atoms with Gasteiger partial charge in [0.05, 0.1) is 29.5 Å². The molecule has 1 N–H and O–H groups in total. The third kappa shape index (κ3) is 3.98. The number of aromatic nitrogens is 7. The van der Waals surface area contributed by atoms with Gasteiger partial charge >= 0.3 is 0 Å². The molecule has 0 saturated carbocycles. The van der Waals surface area contributed by atoms with Crippen molar-refractivity contribution in [3.05, 3.63) is 96.5 Å². The molecule has 0 atom stereocenters. The van der Waals surface area contributed by atoms with Gasteiger partial charge in [0.2, 0.25) is 0 Å². The van der Waals surface area contributed by atoms with Crippen LogP contribution in [0.2, 0.25) is 0 Å². The first-order chi connectivity index (χ1) is 15.7. The fourth-order valence-corrected chi connectivity index (χ4v) is 3.59. The van der Waals surface area contributed by atoms with Gasteiger partial charge in [-0.1, -0.05) is 18.2 Å². The Bertz CT molecular complexity index is 1340. The van der Waals surface area contributed by atoms with E-state index in [1.165, 1.54) is 0 Å². The summed E-state index contributed by atoms with van der Waals surface area (Å²) in [7, 11) is 0. The molecule has 0 saturated heterocycles. The average Bonchev–Trinajstić information content (AvgIpc) is 3.41. The van der Waals surface area contributed by atoms with Crippen molar-refractivity contribution < 1.29 is 0 Å². The van der Waals surface area contributed by atoms with Crippen molar-refractivity contribution in [2.75, 3.05) is 5.32 Å². The van der Waals surface area contributed by atoms with Crippen molar-refractivity contribution in [1.29, 1.82) is 0 Å². The average molecular weight is 422 g/mol. The number of hydrogen-bond acceptors (Lipinski definition) is 6. The van der Waals surface area contributed by atoms with Crippen molar-refractivity contribution in [3.63, 3.8) is 0 Å². The quantitative estimate of drug-likeness (QED) is 0.443. The molecule has 32 heavy (non-hydrogen) atoms. The first kappa shape index (κ1) is 19.6. The maximum atomic E-state index is 4.84. The van der Waals surface area contributed by atoms with Crippen molar-refractivity contribution in [3.8, 4) is 22.8 Å². The zero-order chi connectivity index (χ0) is 21.9. The highest BCUT2D eigenvalue weighted by atomic mass is 15.3. The van der Waals surface area contributed by atoms with E-state index in [0.717, 1.165) is 33.9 Å². The number of nitrogens with zero attached hydrogens (tertiary/aromatic N) is 7. The number of benzene rings is 1. The number of anilines is 1. The second-order valence-corrected chi connectivity index (χ2v) is 7.47. The Morgan fingerprint density at radius 3 is 2.47 bits per heavy atom. The van der Waals surface area contributed by atoms with Gasteiger partial charge in [-0.25, -0.2) is 14.3 Å². The van der Waals surface area contributed by atoms with E-state index in [1.807, 2.05) is 73.3 Å². The normalized spacial score (nSPS) is 10.9. The van der Waals surface area contributed by atoms with Gasteiger partial charge in [0.25, 0.3) is 0 Å². The van der Waals surface area contributed by atoms with Crippen LogP contribution in [0, 0.1) is 13.8 Å². The molecular formula is C24H22N8. The highest BCUT2D eigenvalue weighted by Crippen LogP contribution is 2.24. The maximum absolute atomic E-state index is 4.84. The summed E-state index contributed by atoms with van der Waals surface area (Å²) in [5, 5.41) is 12.7. The molecule has 4 heterocycles. The first-order valence-corrected chi connectivity index (χ1v) is 10.3. The Morgan fingerprint density at radius 1 is 0.906 bits per heavy atom. The van der Waals surface area contributed by atoms with Crippen LogP contribution in [0.3, 0.4) is 0 Å². The van der Waals surface area contributed by atoms with Gasteiger partial charge in [0.15, 0.2) is 5.82 Å².